The summed E-state index contributed by atoms with van der Waals surface area (Å²) >= 11 is 0. The smallest absolute Gasteiger partial charge is 0.411 e. The molecular formula is C21H30N2O5. The molecule has 1 aromatic rings. The van der Waals surface area contributed by atoms with Crippen LogP contribution in [0.25, 0.3) is 0 Å². The van der Waals surface area contributed by atoms with Crippen LogP contribution in [-0.2, 0) is 14.3 Å². The number of carbonyl (C=O) groups is 3. The number of aromatic nitrogens is 1. The molecular weight excluding hydrogens is 360 g/mol. The molecule has 1 aromatic heterocycles. The summed E-state index contributed by atoms with van der Waals surface area (Å²) in [4.78, 5) is 38.8. The van der Waals surface area contributed by atoms with Crippen LogP contribution >= 0.6 is 0 Å². The molecule has 1 saturated heterocycles. The molecule has 0 spiro atoms. The van der Waals surface area contributed by atoms with E-state index in [1.54, 1.807) is 20.8 Å². The van der Waals surface area contributed by atoms with E-state index in [1.165, 1.54) is 4.90 Å². The Labute approximate surface area is 166 Å². The summed E-state index contributed by atoms with van der Waals surface area (Å²) in [5.74, 6) is -0.761. The molecule has 0 aromatic carbocycles. The predicted molar refractivity (Wildman–Crippen MR) is 103 cm³/mol. The van der Waals surface area contributed by atoms with Gasteiger partial charge in [0.05, 0.1) is 0 Å². The Balaban J connectivity index is 1.59. The maximum atomic E-state index is 12.6. The van der Waals surface area contributed by atoms with Crippen LogP contribution in [-0.4, -0.2) is 52.1 Å². The minimum absolute atomic E-state index is 0.213. The van der Waals surface area contributed by atoms with Crippen molar-refractivity contribution in [1.82, 2.24) is 9.47 Å². The van der Waals surface area contributed by atoms with Crippen LogP contribution in [0.15, 0.2) is 6.07 Å². The molecule has 2 fully saturated rings. The number of Topliss-reactive ketones (excluding diaryl/α,β-unsaturated/α-hetero) is 1. The summed E-state index contributed by atoms with van der Waals surface area (Å²) in [6, 6.07) is 1.67. The minimum Gasteiger partial charge on any atom is -0.456 e. The van der Waals surface area contributed by atoms with Crippen molar-refractivity contribution in [3.05, 3.63) is 23.0 Å². The van der Waals surface area contributed by atoms with E-state index in [2.05, 4.69) is 4.57 Å². The first kappa shape index (κ1) is 20.4. The van der Waals surface area contributed by atoms with Gasteiger partial charge in [-0.3, -0.25) is 9.69 Å². The third-order valence-electron chi connectivity index (χ3n) is 5.20. The quantitative estimate of drug-likeness (QED) is 0.567. The van der Waals surface area contributed by atoms with Gasteiger partial charge in [0.25, 0.3) is 0 Å². The fraction of sp³-hybridized carbons (Fsp3) is 0.667. The van der Waals surface area contributed by atoms with Crippen LogP contribution in [0.5, 0.6) is 0 Å². The Hall–Kier alpha value is -2.31. The SMILES string of the molecule is Cc1cc(C(=O)COC(=O)[C@@H]2CCCN2C(=O)OC(C)(C)C)c(C)n1C1CC1. The Bertz CT molecular complexity index is 785. The highest BCUT2D eigenvalue weighted by Crippen LogP contribution is 2.38. The molecule has 3 rings (SSSR count). The molecule has 28 heavy (non-hydrogen) atoms. The van der Waals surface area contributed by atoms with Gasteiger partial charge < -0.3 is 14.0 Å². The van der Waals surface area contributed by atoms with E-state index in [1.807, 2.05) is 19.9 Å². The van der Waals surface area contributed by atoms with Crippen molar-refractivity contribution in [1.29, 1.82) is 0 Å². The van der Waals surface area contributed by atoms with Crippen molar-refractivity contribution < 1.29 is 23.9 Å². The molecule has 0 bridgehead atoms. The second-order valence-corrected chi connectivity index (χ2v) is 8.75. The van der Waals surface area contributed by atoms with Gasteiger partial charge in [0.15, 0.2) is 6.61 Å². The number of aryl methyl sites for hydroxylation is 1. The topological polar surface area (TPSA) is 77.8 Å². The van der Waals surface area contributed by atoms with Crippen LogP contribution in [0.3, 0.4) is 0 Å². The number of hydrogen-bond acceptors (Lipinski definition) is 5. The van der Waals surface area contributed by atoms with Gasteiger partial charge in [-0.2, -0.15) is 0 Å². The lowest BCUT2D eigenvalue weighted by Crippen LogP contribution is -2.44. The molecule has 1 amide bonds. The van der Waals surface area contributed by atoms with E-state index in [0.29, 0.717) is 31.0 Å². The van der Waals surface area contributed by atoms with E-state index >= 15 is 0 Å². The molecule has 2 heterocycles. The zero-order chi connectivity index (χ0) is 20.6. The number of likely N-dealkylation sites (tertiary alicyclic amines) is 1. The standard InChI is InChI=1S/C21H30N2O5/c1-13-11-16(14(2)23(13)15-8-9-15)18(24)12-27-19(25)17-7-6-10-22(17)20(26)28-21(3,4)5/h11,15,17H,6-10,12H2,1-5H3/t17-/m0/s1. The summed E-state index contributed by atoms with van der Waals surface area (Å²) < 4.78 is 12.8. The number of ketones is 1. The second-order valence-electron chi connectivity index (χ2n) is 8.75. The molecule has 1 saturated carbocycles. The fourth-order valence-electron chi connectivity index (χ4n) is 3.82. The van der Waals surface area contributed by atoms with Crippen molar-refractivity contribution in [2.75, 3.05) is 13.2 Å². The lowest BCUT2D eigenvalue weighted by molar-refractivity contribution is -0.147. The molecule has 0 N–H and O–H groups in total. The van der Waals surface area contributed by atoms with Gasteiger partial charge in [-0.25, -0.2) is 9.59 Å². The molecule has 154 valence electrons. The van der Waals surface area contributed by atoms with Gasteiger partial charge in [0.2, 0.25) is 5.78 Å². The molecule has 1 atom stereocenters. The zero-order valence-electron chi connectivity index (χ0n) is 17.4. The van der Waals surface area contributed by atoms with Crippen molar-refractivity contribution in [2.24, 2.45) is 0 Å². The van der Waals surface area contributed by atoms with Crippen molar-refractivity contribution in [2.45, 2.75) is 78.0 Å². The van der Waals surface area contributed by atoms with Crippen molar-refractivity contribution in [3.8, 4) is 0 Å². The van der Waals surface area contributed by atoms with Gasteiger partial charge >= 0.3 is 12.1 Å². The van der Waals surface area contributed by atoms with E-state index < -0.39 is 23.7 Å². The molecule has 0 unspecified atom stereocenters. The third kappa shape index (κ3) is 4.39. The minimum atomic E-state index is -0.693. The molecule has 1 aliphatic carbocycles. The van der Waals surface area contributed by atoms with Gasteiger partial charge in [0, 0.05) is 29.5 Å². The molecule has 1 aliphatic heterocycles. The number of ether oxygens (including phenoxy) is 2. The highest BCUT2D eigenvalue weighted by Gasteiger charge is 2.38. The fourth-order valence-corrected chi connectivity index (χ4v) is 3.82. The van der Waals surface area contributed by atoms with Crippen LogP contribution in [0.1, 0.15) is 74.2 Å². The first-order valence-corrected chi connectivity index (χ1v) is 9.96. The van der Waals surface area contributed by atoms with Gasteiger partial charge in [0.1, 0.15) is 11.6 Å². The Morgan fingerprint density at radius 1 is 1.14 bits per heavy atom. The number of nitrogens with zero attached hydrogens (tertiary/aromatic N) is 2. The number of esters is 1. The lowest BCUT2D eigenvalue weighted by atomic mass is 10.1. The van der Waals surface area contributed by atoms with E-state index in [4.69, 9.17) is 9.47 Å². The average molecular weight is 390 g/mol. The Morgan fingerprint density at radius 2 is 1.82 bits per heavy atom. The number of hydrogen-bond donors (Lipinski definition) is 0. The van der Waals surface area contributed by atoms with Crippen LogP contribution < -0.4 is 0 Å². The highest BCUT2D eigenvalue weighted by atomic mass is 16.6. The van der Waals surface area contributed by atoms with Crippen LogP contribution in [0.2, 0.25) is 0 Å². The van der Waals surface area contributed by atoms with E-state index in [0.717, 1.165) is 24.2 Å². The van der Waals surface area contributed by atoms with Crippen LogP contribution in [0.4, 0.5) is 4.79 Å². The van der Waals surface area contributed by atoms with Crippen molar-refractivity contribution in [3.63, 3.8) is 0 Å². The summed E-state index contributed by atoms with van der Waals surface area (Å²) in [6.07, 6.45) is 2.98. The maximum Gasteiger partial charge on any atom is 0.411 e. The predicted octanol–water partition coefficient (Wildman–Crippen LogP) is 3.57. The molecule has 2 aliphatic rings. The van der Waals surface area contributed by atoms with Crippen LogP contribution in [0, 0.1) is 13.8 Å². The first-order chi connectivity index (χ1) is 13.1. The number of carbonyl (C=O) groups excluding carboxylic acids is 3. The van der Waals surface area contributed by atoms with E-state index in [-0.39, 0.29) is 12.4 Å². The first-order valence-electron chi connectivity index (χ1n) is 9.96. The Morgan fingerprint density at radius 3 is 2.43 bits per heavy atom. The monoisotopic (exact) mass is 390 g/mol. The normalized spacial score (nSPS) is 19.6. The van der Waals surface area contributed by atoms with Crippen molar-refractivity contribution >= 4 is 17.8 Å². The third-order valence-corrected chi connectivity index (χ3v) is 5.20. The highest BCUT2D eigenvalue weighted by molar-refractivity contribution is 5.99. The maximum absolute atomic E-state index is 12.6. The largest absolute Gasteiger partial charge is 0.456 e. The number of amides is 1. The molecule has 0 radical (unpaired) electrons. The lowest BCUT2D eigenvalue weighted by Gasteiger charge is -2.27. The average Bonchev–Trinajstić information content (AvgIpc) is 3.20. The zero-order valence-corrected chi connectivity index (χ0v) is 17.4. The summed E-state index contributed by atoms with van der Waals surface area (Å²) in [7, 11) is 0. The summed E-state index contributed by atoms with van der Waals surface area (Å²) in [5.41, 5.74) is 1.96. The molecule has 7 nitrogen and oxygen atoms in total. The summed E-state index contributed by atoms with van der Waals surface area (Å²) in [5, 5.41) is 0. The van der Waals surface area contributed by atoms with Gasteiger partial charge in [-0.15, -0.1) is 0 Å². The molecule has 7 heteroatoms. The second kappa shape index (κ2) is 7.60. The number of rotatable bonds is 5. The van der Waals surface area contributed by atoms with Gasteiger partial charge in [-0.1, -0.05) is 0 Å². The van der Waals surface area contributed by atoms with E-state index in [9.17, 15) is 14.4 Å². The van der Waals surface area contributed by atoms with Gasteiger partial charge in [-0.05, 0) is 66.4 Å². The Kier molecular flexibility index (Phi) is 5.55. The summed E-state index contributed by atoms with van der Waals surface area (Å²) in [6.45, 7) is 9.41.